The number of Topliss-reactive ketones (excluding diaryl/α,β-unsaturated/α-hetero) is 1. The Labute approximate surface area is 94.3 Å². The Balaban J connectivity index is 2.77. The molecule has 1 rings (SSSR count). The molecule has 0 aliphatic carbocycles. The lowest BCUT2D eigenvalue weighted by atomic mass is 10.0. The summed E-state index contributed by atoms with van der Waals surface area (Å²) in [5, 5.41) is 0.324. The summed E-state index contributed by atoms with van der Waals surface area (Å²) >= 11 is 5.82. The molecule has 0 saturated heterocycles. The van der Waals surface area contributed by atoms with E-state index in [2.05, 4.69) is 0 Å². The number of carbonyl (C=O) groups is 1. The molecule has 1 aromatic rings. The Hall–Kier alpha value is -0.890. The van der Waals surface area contributed by atoms with Crippen LogP contribution in [0.5, 0.6) is 0 Å². The van der Waals surface area contributed by atoms with E-state index in [1.807, 2.05) is 13.8 Å². The SMILES string of the molecule is CC(C)CCC(=O)c1cc(F)ccc1Cl. The fourth-order valence-electron chi connectivity index (χ4n) is 1.27. The average molecular weight is 229 g/mol. The van der Waals surface area contributed by atoms with Crippen molar-refractivity contribution < 1.29 is 9.18 Å². The van der Waals surface area contributed by atoms with Gasteiger partial charge < -0.3 is 0 Å². The van der Waals surface area contributed by atoms with Crippen molar-refractivity contribution in [2.45, 2.75) is 26.7 Å². The van der Waals surface area contributed by atoms with Gasteiger partial charge in [0.15, 0.2) is 5.78 Å². The van der Waals surface area contributed by atoms with E-state index in [1.54, 1.807) is 0 Å². The first kappa shape index (κ1) is 12.2. The van der Waals surface area contributed by atoms with Gasteiger partial charge in [0, 0.05) is 12.0 Å². The summed E-state index contributed by atoms with van der Waals surface area (Å²) in [4.78, 5) is 11.7. The van der Waals surface area contributed by atoms with Crippen LogP contribution in [-0.2, 0) is 0 Å². The van der Waals surface area contributed by atoms with Crippen LogP contribution in [0.4, 0.5) is 4.39 Å². The third kappa shape index (κ3) is 3.63. The zero-order valence-corrected chi connectivity index (χ0v) is 9.64. The van der Waals surface area contributed by atoms with E-state index in [0.29, 0.717) is 17.4 Å². The molecule has 0 fully saturated rings. The lowest BCUT2D eigenvalue weighted by Gasteiger charge is -2.05. The Morgan fingerprint density at radius 1 is 1.47 bits per heavy atom. The summed E-state index contributed by atoms with van der Waals surface area (Å²) < 4.78 is 12.9. The van der Waals surface area contributed by atoms with Crippen molar-refractivity contribution in [3.63, 3.8) is 0 Å². The van der Waals surface area contributed by atoms with E-state index in [0.717, 1.165) is 6.42 Å². The summed E-state index contributed by atoms with van der Waals surface area (Å²) in [6, 6.07) is 3.87. The predicted octanol–water partition coefficient (Wildman–Crippen LogP) is 4.10. The highest BCUT2D eigenvalue weighted by Gasteiger charge is 2.11. The number of carbonyl (C=O) groups excluding carboxylic acids is 1. The monoisotopic (exact) mass is 228 g/mol. The van der Waals surface area contributed by atoms with Crippen molar-refractivity contribution in [3.8, 4) is 0 Å². The fraction of sp³-hybridized carbons (Fsp3) is 0.417. The third-order valence-electron chi connectivity index (χ3n) is 2.18. The summed E-state index contributed by atoms with van der Waals surface area (Å²) in [6.45, 7) is 4.08. The second kappa shape index (κ2) is 5.26. The molecule has 0 heterocycles. The first-order valence-electron chi connectivity index (χ1n) is 4.99. The van der Waals surface area contributed by atoms with Gasteiger partial charge in [-0.3, -0.25) is 4.79 Å². The molecular formula is C12H14ClFO. The topological polar surface area (TPSA) is 17.1 Å². The van der Waals surface area contributed by atoms with Crippen molar-refractivity contribution in [1.82, 2.24) is 0 Å². The van der Waals surface area contributed by atoms with Crippen LogP contribution in [0.3, 0.4) is 0 Å². The highest BCUT2D eigenvalue weighted by molar-refractivity contribution is 6.33. The quantitative estimate of drug-likeness (QED) is 0.710. The molecule has 1 aromatic carbocycles. The van der Waals surface area contributed by atoms with E-state index in [4.69, 9.17) is 11.6 Å². The van der Waals surface area contributed by atoms with Gasteiger partial charge in [-0.15, -0.1) is 0 Å². The molecule has 3 heteroatoms. The molecule has 0 unspecified atom stereocenters. The number of hydrogen-bond donors (Lipinski definition) is 0. The normalized spacial score (nSPS) is 10.7. The van der Waals surface area contributed by atoms with Gasteiger partial charge in [-0.2, -0.15) is 0 Å². The minimum Gasteiger partial charge on any atom is -0.294 e. The van der Waals surface area contributed by atoms with Crippen molar-refractivity contribution in [3.05, 3.63) is 34.6 Å². The van der Waals surface area contributed by atoms with Crippen LogP contribution in [0.2, 0.25) is 5.02 Å². The van der Waals surface area contributed by atoms with Crippen LogP contribution in [0.15, 0.2) is 18.2 Å². The molecule has 0 aliphatic rings. The molecule has 0 N–H and O–H groups in total. The van der Waals surface area contributed by atoms with Crippen LogP contribution < -0.4 is 0 Å². The maximum atomic E-state index is 12.9. The van der Waals surface area contributed by atoms with Crippen LogP contribution in [0.1, 0.15) is 37.0 Å². The minimum atomic E-state index is -0.424. The minimum absolute atomic E-state index is 0.0896. The number of rotatable bonds is 4. The number of halogens is 2. The summed E-state index contributed by atoms with van der Waals surface area (Å²) in [5.74, 6) is -0.0539. The molecule has 0 atom stereocenters. The molecule has 0 aliphatic heterocycles. The highest BCUT2D eigenvalue weighted by atomic mass is 35.5. The molecule has 0 amide bonds. The van der Waals surface area contributed by atoms with Gasteiger partial charge in [-0.05, 0) is 30.5 Å². The van der Waals surface area contributed by atoms with Crippen LogP contribution in [-0.4, -0.2) is 5.78 Å². The van der Waals surface area contributed by atoms with Crippen molar-refractivity contribution in [2.24, 2.45) is 5.92 Å². The lowest BCUT2D eigenvalue weighted by Crippen LogP contribution is -2.02. The molecule has 0 aromatic heterocycles. The van der Waals surface area contributed by atoms with Gasteiger partial charge in [-0.1, -0.05) is 25.4 Å². The molecule has 0 bridgehead atoms. The van der Waals surface area contributed by atoms with Crippen LogP contribution in [0.25, 0.3) is 0 Å². The Morgan fingerprint density at radius 3 is 2.73 bits per heavy atom. The maximum absolute atomic E-state index is 12.9. The number of hydrogen-bond acceptors (Lipinski definition) is 1. The largest absolute Gasteiger partial charge is 0.294 e. The van der Waals surface area contributed by atoms with Crippen molar-refractivity contribution in [1.29, 1.82) is 0 Å². The van der Waals surface area contributed by atoms with Gasteiger partial charge in [-0.25, -0.2) is 4.39 Å². The van der Waals surface area contributed by atoms with Gasteiger partial charge in [0.25, 0.3) is 0 Å². The van der Waals surface area contributed by atoms with E-state index >= 15 is 0 Å². The Kier molecular flexibility index (Phi) is 4.28. The summed E-state index contributed by atoms with van der Waals surface area (Å²) in [5.41, 5.74) is 0.289. The summed E-state index contributed by atoms with van der Waals surface area (Å²) in [6.07, 6.45) is 1.21. The summed E-state index contributed by atoms with van der Waals surface area (Å²) in [7, 11) is 0. The zero-order chi connectivity index (χ0) is 11.4. The Morgan fingerprint density at radius 2 is 2.13 bits per heavy atom. The second-order valence-corrected chi connectivity index (χ2v) is 4.39. The lowest BCUT2D eigenvalue weighted by molar-refractivity contribution is 0.0975. The Bertz CT molecular complexity index is 361. The van der Waals surface area contributed by atoms with E-state index < -0.39 is 5.82 Å². The second-order valence-electron chi connectivity index (χ2n) is 3.98. The van der Waals surface area contributed by atoms with Crippen LogP contribution >= 0.6 is 11.6 Å². The first-order chi connectivity index (χ1) is 7.00. The maximum Gasteiger partial charge on any atom is 0.164 e. The molecule has 1 nitrogen and oxygen atoms in total. The molecule has 82 valence electrons. The zero-order valence-electron chi connectivity index (χ0n) is 8.89. The van der Waals surface area contributed by atoms with Gasteiger partial charge in [0.1, 0.15) is 5.82 Å². The van der Waals surface area contributed by atoms with E-state index in [1.165, 1.54) is 18.2 Å². The van der Waals surface area contributed by atoms with Crippen LogP contribution in [0, 0.1) is 11.7 Å². The smallest absolute Gasteiger partial charge is 0.164 e. The molecule has 15 heavy (non-hydrogen) atoms. The van der Waals surface area contributed by atoms with Crippen molar-refractivity contribution in [2.75, 3.05) is 0 Å². The van der Waals surface area contributed by atoms with E-state index in [9.17, 15) is 9.18 Å². The molecular weight excluding hydrogens is 215 g/mol. The molecule has 0 radical (unpaired) electrons. The average Bonchev–Trinajstić information content (AvgIpc) is 2.18. The van der Waals surface area contributed by atoms with E-state index in [-0.39, 0.29) is 11.3 Å². The van der Waals surface area contributed by atoms with Gasteiger partial charge in [0.05, 0.1) is 5.02 Å². The standard InChI is InChI=1S/C12H14ClFO/c1-8(2)3-6-12(15)10-7-9(14)4-5-11(10)13/h4-5,7-8H,3,6H2,1-2H3. The number of benzene rings is 1. The molecule has 0 spiro atoms. The fourth-order valence-corrected chi connectivity index (χ4v) is 1.49. The highest BCUT2D eigenvalue weighted by Crippen LogP contribution is 2.20. The van der Waals surface area contributed by atoms with Crippen molar-refractivity contribution >= 4 is 17.4 Å². The number of ketones is 1. The van der Waals surface area contributed by atoms with Gasteiger partial charge in [0.2, 0.25) is 0 Å². The molecule has 0 saturated carbocycles. The predicted molar refractivity (Wildman–Crippen MR) is 59.8 cm³/mol. The van der Waals surface area contributed by atoms with Gasteiger partial charge >= 0.3 is 0 Å². The first-order valence-corrected chi connectivity index (χ1v) is 5.36. The third-order valence-corrected chi connectivity index (χ3v) is 2.51.